The van der Waals surface area contributed by atoms with E-state index in [2.05, 4.69) is 10.6 Å². The second-order valence-electron chi connectivity index (χ2n) is 3.15. The summed E-state index contributed by atoms with van der Waals surface area (Å²) >= 11 is 0. The lowest BCUT2D eigenvalue weighted by Gasteiger charge is -2.12. The van der Waals surface area contributed by atoms with E-state index >= 15 is 0 Å². The van der Waals surface area contributed by atoms with Gasteiger partial charge in [0.15, 0.2) is 0 Å². The fourth-order valence-corrected chi connectivity index (χ4v) is 1.57. The Kier molecular flexibility index (Phi) is 3.66. The first-order valence-electron chi connectivity index (χ1n) is 4.63. The molecule has 0 atom stereocenters. The van der Waals surface area contributed by atoms with Crippen LogP contribution in [0, 0.1) is 0 Å². The van der Waals surface area contributed by atoms with Crippen molar-refractivity contribution < 1.29 is 13.0 Å². The smallest absolute Gasteiger partial charge is 0.266 e. The molecule has 0 aromatic heterocycles. The molecule has 0 heterocycles. The molecule has 16 heavy (non-hydrogen) atoms. The van der Waals surface area contributed by atoms with Crippen LogP contribution in [0.5, 0.6) is 0 Å². The van der Waals surface area contributed by atoms with E-state index in [1.165, 1.54) is 0 Å². The summed E-state index contributed by atoms with van der Waals surface area (Å²) in [6, 6.07) is 0. The Morgan fingerprint density at radius 3 is 2.06 bits per heavy atom. The van der Waals surface area contributed by atoms with Crippen LogP contribution in [0.1, 0.15) is 6.92 Å². The number of anilines is 2. The third-order valence-corrected chi connectivity index (χ3v) is 2.65. The average molecular weight is 248 g/mol. The first-order chi connectivity index (χ1) is 7.37. The van der Waals surface area contributed by atoms with Crippen LogP contribution in [0.15, 0.2) is 9.59 Å². The fraction of sp³-hybridized carbons (Fsp3) is 0.500. The van der Waals surface area contributed by atoms with Crippen LogP contribution < -0.4 is 21.5 Å². The highest BCUT2D eigenvalue weighted by Crippen LogP contribution is 2.13. The van der Waals surface area contributed by atoms with Crippen molar-refractivity contribution in [1.82, 2.24) is 0 Å². The van der Waals surface area contributed by atoms with Crippen molar-refractivity contribution in [3.8, 4) is 0 Å². The normalized spacial score (nSPS) is 11.6. The van der Waals surface area contributed by atoms with E-state index in [0.717, 1.165) is 0 Å². The summed E-state index contributed by atoms with van der Waals surface area (Å²) in [5.74, 6) is -0.516. The Balaban J connectivity index is 2.65. The van der Waals surface area contributed by atoms with E-state index in [4.69, 9.17) is 4.55 Å². The average Bonchev–Trinajstić information content (AvgIpc) is 2.20. The second-order valence-corrected chi connectivity index (χ2v) is 4.72. The molecule has 0 fully saturated rings. The van der Waals surface area contributed by atoms with Gasteiger partial charge in [-0.3, -0.25) is 14.1 Å². The van der Waals surface area contributed by atoms with E-state index in [1.807, 2.05) is 0 Å². The zero-order valence-corrected chi connectivity index (χ0v) is 9.43. The highest BCUT2D eigenvalue weighted by Gasteiger charge is 2.19. The first kappa shape index (κ1) is 12.7. The molecular formula is C8H12N2O5S. The highest BCUT2D eigenvalue weighted by molar-refractivity contribution is 7.85. The van der Waals surface area contributed by atoms with Crippen molar-refractivity contribution in [2.24, 2.45) is 0 Å². The monoisotopic (exact) mass is 248 g/mol. The highest BCUT2D eigenvalue weighted by atomic mass is 32.2. The number of hydrogen-bond donors (Lipinski definition) is 3. The van der Waals surface area contributed by atoms with Gasteiger partial charge in [0, 0.05) is 13.1 Å². The van der Waals surface area contributed by atoms with Gasteiger partial charge >= 0.3 is 0 Å². The van der Waals surface area contributed by atoms with Crippen molar-refractivity contribution in [1.29, 1.82) is 0 Å². The summed E-state index contributed by atoms with van der Waals surface area (Å²) in [6.45, 7) is 2.12. The lowest BCUT2D eigenvalue weighted by Crippen LogP contribution is -2.38. The maximum absolute atomic E-state index is 11.1. The summed E-state index contributed by atoms with van der Waals surface area (Å²) in [5, 5.41) is 5.19. The van der Waals surface area contributed by atoms with Gasteiger partial charge < -0.3 is 10.6 Å². The van der Waals surface area contributed by atoms with E-state index in [1.54, 1.807) is 6.92 Å². The molecule has 90 valence electrons. The van der Waals surface area contributed by atoms with Crippen molar-refractivity contribution in [3.05, 3.63) is 20.4 Å². The maximum atomic E-state index is 11.1. The molecule has 3 N–H and O–H groups in total. The molecular weight excluding hydrogens is 236 g/mol. The largest absolute Gasteiger partial charge is 0.380 e. The van der Waals surface area contributed by atoms with Gasteiger partial charge in [-0.25, -0.2) is 0 Å². The maximum Gasteiger partial charge on any atom is 0.266 e. The lowest BCUT2D eigenvalue weighted by molar-refractivity contribution is 0.484. The predicted octanol–water partition coefficient (Wildman–Crippen LogP) is -0.986. The molecule has 0 spiro atoms. The molecule has 0 amide bonds. The molecule has 1 aromatic carbocycles. The summed E-state index contributed by atoms with van der Waals surface area (Å²) in [5.41, 5.74) is -1.04. The molecule has 7 nitrogen and oxygen atoms in total. The molecule has 0 saturated carbocycles. The van der Waals surface area contributed by atoms with Crippen LogP contribution in [0.4, 0.5) is 11.4 Å². The van der Waals surface area contributed by atoms with Gasteiger partial charge in [0.2, 0.25) is 0 Å². The van der Waals surface area contributed by atoms with Crippen molar-refractivity contribution in [2.45, 2.75) is 6.92 Å². The van der Waals surface area contributed by atoms with Crippen molar-refractivity contribution >= 4 is 21.5 Å². The van der Waals surface area contributed by atoms with Crippen LogP contribution >= 0.6 is 0 Å². The van der Waals surface area contributed by atoms with Gasteiger partial charge in [0.1, 0.15) is 11.4 Å². The first-order valence-corrected chi connectivity index (χ1v) is 6.24. The van der Waals surface area contributed by atoms with Gasteiger partial charge in [-0.05, 0) is 6.92 Å². The number of nitrogens with one attached hydrogen (secondary N) is 2. The molecule has 0 saturated heterocycles. The van der Waals surface area contributed by atoms with Crippen LogP contribution in [-0.4, -0.2) is 31.8 Å². The Morgan fingerprint density at radius 1 is 1.12 bits per heavy atom. The minimum Gasteiger partial charge on any atom is -0.380 e. The molecule has 0 aliphatic carbocycles. The minimum atomic E-state index is -4.07. The molecule has 0 unspecified atom stereocenters. The van der Waals surface area contributed by atoms with Crippen molar-refractivity contribution in [3.63, 3.8) is 0 Å². The summed E-state index contributed by atoms with van der Waals surface area (Å²) in [4.78, 5) is 22.1. The van der Waals surface area contributed by atoms with Crippen LogP contribution in [-0.2, 0) is 10.1 Å². The predicted molar refractivity (Wildman–Crippen MR) is 60.4 cm³/mol. The van der Waals surface area contributed by atoms with Gasteiger partial charge in [0.25, 0.3) is 21.0 Å². The Morgan fingerprint density at radius 2 is 1.62 bits per heavy atom. The van der Waals surface area contributed by atoms with Gasteiger partial charge in [-0.1, -0.05) is 0 Å². The molecule has 1 rings (SSSR count). The van der Waals surface area contributed by atoms with E-state index < -0.39 is 26.7 Å². The van der Waals surface area contributed by atoms with Crippen LogP contribution in [0.25, 0.3) is 0 Å². The molecule has 8 heteroatoms. The third kappa shape index (κ3) is 2.80. The van der Waals surface area contributed by atoms with E-state index in [0.29, 0.717) is 6.54 Å². The summed E-state index contributed by atoms with van der Waals surface area (Å²) in [6.07, 6.45) is 0. The molecule has 0 aliphatic rings. The van der Waals surface area contributed by atoms with Gasteiger partial charge in [-0.15, -0.1) is 0 Å². The molecule has 0 bridgehead atoms. The SMILES string of the molecule is CCNc1c(NCCS(=O)(=O)O)c(=O)c1=O. The van der Waals surface area contributed by atoms with Crippen molar-refractivity contribution in [2.75, 3.05) is 29.5 Å². The van der Waals surface area contributed by atoms with Gasteiger partial charge in [-0.2, -0.15) is 8.42 Å². The lowest BCUT2D eigenvalue weighted by atomic mass is 10.2. The van der Waals surface area contributed by atoms with Gasteiger partial charge in [0.05, 0.1) is 5.75 Å². The Labute approximate surface area is 91.9 Å². The second kappa shape index (κ2) is 4.62. The topological polar surface area (TPSA) is 113 Å². The molecule has 0 radical (unpaired) electrons. The Bertz CT molecular complexity index is 541. The van der Waals surface area contributed by atoms with E-state index in [9.17, 15) is 18.0 Å². The van der Waals surface area contributed by atoms with Crippen LogP contribution in [0.3, 0.4) is 0 Å². The fourth-order valence-electron chi connectivity index (χ4n) is 1.21. The zero-order valence-electron chi connectivity index (χ0n) is 8.61. The quantitative estimate of drug-likeness (QED) is 0.438. The number of hydrogen-bond acceptors (Lipinski definition) is 6. The standard InChI is InChI=1S/C8H12N2O5S/c1-2-9-5-6(8(12)7(5)11)10-3-4-16(13,14)15/h9-10H,2-4H2,1H3,(H,13,14,15). The summed E-state index contributed by atoms with van der Waals surface area (Å²) in [7, 11) is -4.07. The molecule has 0 aliphatic heterocycles. The third-order valence-electron chi connectivity index (χ3n) is 1.93. The summed E-state index contributed by atoms with van der Waals surface area (Å²) < 4.78 is 29.3. The zero-order chi connectivity index (χ0) is 12.3. The number of rotatable bonds is 6. The Hall–Kier alpha value is -1.41. The van der Waals surface area contributed by atoms with Crippen LogP contribution in [0.2, 0.25) is 0 Å². The molecule has 1 aromatic rings. The van der Waals surface area contributed by atoms with E-state index in [-0.39, 0.29) is 17.9 Å². The minimum absolute atomic E-state index is 0.0792.